The molecule has 0 amide bonds. The highest BCUT2D eigenvalue weighted by molar-refractivity contribution is 6.34. The zero-order valence-electron chi connectivity index (χ0n) is 17.5. The van der Waals surface area contributed by atoms with Gasteiger partial charge in [-0.3, -0.25) is 4.79 Å². The quantitative estimate of drug-likeness (QED) is 0.326. The summed E-state index contributed by atoms with van der Waals surface area (Å²) in [5, 5.41) is 6.10. The smallest absolute Gasteiger partial charge is 0.305 e. The van der Waals surface area contributed by atoms with E-state index >= 15 is 0 Å². The predicted molar refractivity (Wildman–Crippen MR) is 120 cm³/mol. The van der Waals surface area contributed by atoms with Gasteiger partial charge in [-0.25, -0.2) is 4.68 Å². The fourth-order valence-electron chi connectivity index (χ4n) is 3.22. The number of ether oxygens (including phenoxy) is 2. The minimum atomic E-state index is -0.123. The molecule has 0 radical (unpaired) electrons. The molecule has 0 aliphatic carbocycles. The molecule has 0 saturated carbocycles. The zero-order valence-corrected chi connectivity index (χ0v) is 18.3. The first kappa shape index (κ1) is 22.1. The molecule has 6 nitrogen and oxygen atoms in total. The first-order chi connectivity index (χ1) is 14.6. The number of fused-ring (bicyclic) bond motifs is 1. The maximum atomic E-state index is 11.3. The summed E-state index contributed by atoms with van der Waals surface area (Å²) in [4.78, 5) is 13.6. The number of rotatable bonds is 11. The minimum Gasteiger partial charge on any atom is -0.494 e. The molecular weight excluding hydrogens is 402 g/mol. The molecule has 0 bridgehead atoms. The second-order valence-corrected chi connectivity index (χ2v) is 7.49. The number of halogens is 1. The summed E-state index contributed by atoms with van der Waals surface area (Å²) < 4.78 is 12.5. The molecular formula is C23H28ClN3O3. The Kier molecular flexibility index (Phi) is 8.11. The second-order valence-electron chi connectivity index (χ2n) is 7.13. The Hall–Kier alpha value is -2.57. The Bertz CT molecular complexity index is 956. The summed E-state index contributed by atoms with van der Waals surface area (Å²) in [6.45, 7) is 4.68. The maximum Gasteiger partial charge on any atom is 0.305 e. The Morgan fingerprint density at radius 3 is 2.57 bits per heavy atom. The van der Waals surface area contributed by atoms with Crippen molar-refractivity contribution >= 4 is 28.5 Å². The number of carbonyl (C=O) groups excluding carboxylic acids is 1. The van der Waals surface area contributed by atoms with Crippen LogP contribution in [0.25, 0.3) is 16.6 Å². The lowest BCUT2D eigenvalue weighted by Gasteiger charge is -2.16. The molecule has 1 heterocycles. The number of hydrogen-bond acceptors (Lipinski definition) is 5. The van der Waals surface area contributed by atoms with Crippen molar-refractivity contribution in [1.82, 2.24) is 14.7 Å². The zero-order chi connectivity index (χ0) is 21.3. The van der Waals surface area contributed by atoms with E-state index in [1.165, 1.54) is 0 Å². The Balaban J connectivity index is 1.42. The Morgan fingerprint density at radius 2 is 1.83 bits per heavy atom. The van der Waals surface area contributed by atoms with E-state index in [-0.39, 0.29) is 5.97 Å². The van der Waals surface area contributed by atoms with Gasteiger partial charge >= 0.3 is 5.97 Å². The topological polar surface area (TPSA) is 56.6 Å². The van der Waals surface area contributed by atoms with Crippen molar-refractivity contribution in [3.8, 4) is 11.4 Å². The minimum absolute atomic E-state index is 0.123. The van der Waals surface area contributed by atoms with E-state index in [4.69, 9.17) is 21.1 Å². The van der Waals surface area contributed by atoms with Gasteiger partial charge in [0, 0.05) is 18.4 Å². The van der Waals surface area contributed by atoms with Crippen molar-refractivity contribution in [2.24, 2.45) is 0 Å². The third-order valence-electron chi connectivity index (χ3n) is 4.78. The van der Waals surface area contributed by atoms with Crippen LogP contribution in [0.5, 0.6) is 5.75 Å². The molecule has 3 aromatic rings. The van der Waals surface area contributed by atoms with Crippen LogP contribution >= 0.6 is 11.6 Å². The van der Waals surface area contributed by atoms with Crippen LogP contribution in [0.2, 0.25) is 5.15 Å². The number of benzene rings is 2. The van der Waals surface area contributed by atoms with Crippen LogP contribution in [0.3, 0.4) is 0 Å². The lowest BCUT2D eigenvalue weighted by atomic mass is 10.2. The molecule has 0 fully saturated rings. The van der Waals surface area contributed by atoms with Crippen LogP contribution in [0.4, 0.5) is 0 Å². The molecule has 2 aromatic carbocycles. The maximum absolute atomic E-state index is 11.3. The summed E-state index contributed by atoms with van der Waals surface area (Å²) in [5.74, 6) is 0.693. The van der Waals surface area contributed by atoms with Gasteiger partial charge in [0.05, 0.1) is 24.4 Å². The Morgan fingerprint density at radius 1 is 1.10 bits per heavy atom. The lowest BCUT2D eigenvalue weighted by Crippen LogP contribution is -2.23. The van der Waals surface area contributed by atoms with Crippen LogP contribution in [-0.4, -0.2) is 54.0 Å². The highest BCUT2D eigenvalue weighted by Crippen LogP contribution is 2.26. The molecule has 0 aliphatic rings. The molecule has 0 aliphatic heterocycles. The van der Waals surface area contributed by atoms with E-state index in [1.807, 2.05) is 55.5 Å². The van der Waals surface area contributed by atoms with Crippen LogP contribution in [0, 0.1) is 0 Å². The monoisotopic (exact) mass is 429 g/mol. The largest absolute Gasteiger partial charge is 0.494 e. The summed E-state index contributed by atoms with van der Waals surface area (Å²) >= 11 is 6.47. The Labute approximate surface area is 182 Å². The number of nitrogens with zero attached hydrogens (tertiary/aromatic N) is 3. The van der Waals surface area contributed by atoms with Crippen molar-refractivity contribution in [2.45, 2.75) is 26.2 Å². The average molecular weight is 430 g/mol. The normalized spacial score (nSPS) is 11.2. The SMILES string of the molecule is CCOC(=O)CCCN(C)CCCOc1ccc(-n2nc3ccccc3c2Cl)cc1. The standard InChI is InChI=1S/C23H28ClN3O3/c1-3-29-22(28)10-6-15-26(2)16-7-17-30-19-13-11-18(12-14-19)27-23(24)20-8-4-5-9-21(20)25-27/h4-5,8-9,11-14H,3,6-7,10,15-17H2,1-2H3. The van der Waals surface area contributed by atoms with Crippen molar-refractivity contribution in [1.29, 1.82) is 0 Å². The van der Waals surface area contributed by atoms with Crippen molar-refractivity contribution in [3.05, 3.63) is 53.7 Å². The molecule has 160 valence electrons. The van der Waals surface area contributed by atoms with Crippen LogP contribution in [-0.2, 0) is 9.53 Å². The van der Waals surface area contributed by atoms with E-state index in [9.17, 15) is 4.79 Å². The van der Waals surface area contributed by atoms with Gasteiger partial charge in [0.2, 0.25) is 0 Å². The highest BCUT2D eigenvalue weighted by Gasteiger charge is 2.10. The summed E-state index contributed by atoms with van der Waals surface area (Å²) in [6, 6.07) is 15.6. The van der Waals surface area contributed by atoms with Gasteiger partial charge < -0.3 is 14.4 Å². The number of esters is 1. The molecule has 1 aromatic heterocycles. The average Bonchev–Trinajstić information content (AvgIpc) is 3.09. The molecule has 0 N–H and O–H groups in total. The van der Waals surface area contributed by atoms with Crippen molar-refractivity contribution in [2.75, 3.05) is 33.4 Å². The van der Waals surface area contributed by atoms with Crippen molar-refractivity contribution in [3.63, 3.8) is 0 Å². The van der Waals surface area contributed by atoms with Gasteiger partial charge in [-0.2, -0.15) is 5.10 Å². The number of hydrogen-bond donors (Lipinski definition) is 0. The van der Waals surface area contributed by atoms with Gasteiger partial charge in [-0.15, -0.1) is 0 Å². The number of carbonyl (C=O) groups is 1. The summed E-state index contributed by atoms with van der Waals surface area (Å²) in [7, 11) is 2.05. The van der Waals surface area contributed by atoms with E-state index in [0.29, 0.717) is 24.8 Å². The third-order valence-corrected chi connectivity index (χ3v) is 5.14. The molecule has 0 spiro atoms. The van der Waals surface area contributed by atoms with E-state index in [0.717, 1.165) is 48.3 Å². The van der Waals surface area contributed by atoms with Crippen LogP contribution in [0.15, 0.2) is 48.5 Å². The fourth-order valence-corrected chi connectivity index (χ4v) is 3.51. The molecule has 3 rings (SSSR count). The van der Waals surface area contributed by atoms with E-state index in [2.05, 4.69) is 17.0 Å². The molecule has 0 unspecified atom stereocenters. The summed E-state index contributed by atoms with van der Waals surface area (Å²) in [6.07, 6.45) is 2.19. The van der Waals surface area contributed by atoms with E-state index in [1.54, 1.807) is 4.68 Å². The summed E-state index contributed by atoms with van der Waals surface area (Å²) in [5.41, 5.74) is 1.76. The molecule has 7 heteroatoms. The lowest BCUT2D eigenvalue weighted by molar-refractivity contribution is -0.143. The molecule has 0 saturated heterocycles. The van der Waals surface area contributed by atoms with E-state index < -0.39 is 0 Å². The van der Waals surface area contributed by atoms with Gasteiger partial charge in [-0.1, -0.05) is 23.7 Å². The third kappa shape index (κ3) is 5.97. The first-order valence-electron chi connectivity index (χ1n) is 10.3. The van der Waals surface area contributed by atoms with Gasteiger partial charge in [0.25, 0.3) is 0 Å². The van der Waals surface area contributed by atoms with Crippen molar-refractivity contribution < 1.29 is 14.3 Å². The number of aromatic nitrogens is 2. The first-order valence-corrected chi connectivity index (χ1v) is 10.7. The fraction of sp³-hybridized carbons (Fsp3) is 0.391. The highest BCUT2D eigenvalue weighted by atomic mass is 35.5. The predicted octanol–water partition coefficient (Wildman–Crippen LogP) is 4.72. The van der Waals surface area contributed by atoms with Gasteiger partial charge in [0.15, 0.2) is 0 Å². The van der Waals surface area contributed by atoms with Crippen LogP contribution in [0.1, 0.15) is 26.2 Å². The second kappa shape index (κ2) is 11.0. The molecule has 30 heavy (non-hydrogen) atoms. The molecule has 0 atom stereocenters. The van der Waals surface area contributed by atoms with Gasteiger partial charge in [-0.05, 0) is 69.8 Å². The van der Waals surface area contributed by atoms with Gasteiger partial charge in [0.1, 0.15) is 10.9 Å². The van der Waals surface area contributed by atoms with Crippen LogP contribution < -0.4 is 4.74 Å².